The van der Waals surface area contributed by atoms with Gasteiger partial charge in [-0.15, -0.1) is 0 Å². The van der Waals surface area contributed by atoms with Crippen molar-refractivity contribution in [3.05, 3.63) is 34.9 Å². The first-order valence-electron chi connectivity index (χ1n) is 6.21. The van der Waals surface area contributed by atoms with E-state index in [0.717, 1.165) is 12.8 Å². The number of hydrogen-bond donors (Lipinski definition) is 2. The van der Waals surface area contributed by atoms with Crippen LogP contribution in [0.3, 0.4) is 0 Å². The summed E-state index contributed by atoms with van der Waals surface area (Å²) in [6.45, 7) is 4.23. The van der Waals surface area contributed by atoms with E-state index >= 15 is 0 Å². The molecule has 1 aromatic rings. The van der Waals surface area contributed by atoms with Crippen LogP contribution >= 0.6 is 0 Å². The fraction of sp³-hybridized carbons (Fsp3) is 0.571. The molecule has 3 N–H and O–H groups in total. The Kier molecular flexibility index (Phi) is 3.52. The van der Waals surface area contributed by atoms with Crippen LogP contribution in [-0.4, -0.2) is 12.7 Å². The van der Waals surface area contributed by atoms with E-state index in [2.05, 4.69) is 37.5 Å². The predicted molar refractivity (Wildman–Crippen MR) is 69.6 cm³/mol. The van der Waals surface area contributed by atoms with Gasteiger partial charge >= 0.3 is 0 Å². The van der Waals surface area contributed by atoms with Crippen molar-refractivity contribution in [2.24, 2.45) is 5.84 Å². The molecule has 1 aliphatic carbocycles. The smallest absolute Gasteiger partial charge is 0.0885 e. The first-order valence-corrected chi connectivity index (χ1v) is 6.21. The second-order valence-electron chi connectivity index (χ2n) is 5.14. The fourth-order valence-electron chi connectivity index (χ4n) is 2.86. The van der Waals surface area contributed by atoms with Crippen molar-refractivity contribution in [2.45, 2.75) is 44.8 Å². The van der Waals surface area contributed by atoms with Crippen LogP contribution in [0.4, 0.5) is 0 Å². The number of aryl methyl sites for hydroxylation is 2. The van der Waals surface area contributed by atoms with Crippen LogP contribution in [0, 0.1) is 13.8 Å². The maximum atomic E-state index is 5.75. The Balaban J connectivity index is 2.34. The Morgan fingerprint density at radius 1 is 1.24 bits per heavy atom. The van der Waals surface area contributed by atoms with Gasteiger partial charge in [0.15, 0.2) is 0 Å². The van der Waals surface area contributed by atoms with E-state index in [1.165, 1.54) is 23.1 Å². The Morgan fingerprint density at radius 2 is 1.82 bits per heavy atom. The third kappa shape index (κ3) is 2.23. The molecule has 1 atom stereocenters. The highest BCUT2D eigenvalue weighted by atomic mass is 16.5. The molecule has 2 rings (SSSR count). The minimum absolute atomic E-state index is 0.0832. The van der Waals surface area contributed by atoms with Gasteiger partial charge in [0.2, 0.25) is 0 Å². The Labute approximate surface area is 103 Å². The number of methoxy groups -OCH3 is 1. The van der Waals surface area contributed by atoms with Crippen LogP contribution < -0.4 is 11.3 Å². The molecule has 1 fully saturated rings. The SMILES string of the molecule is COC1(C(NN)c2cc(C)cc(C)c2)CCC1. The zero-order valence-electron chi connectivity index (χ0n) is 10.9. The molecule has 0 aromatic heterocycles. The zero-order chi connectivity index (χ0) is 12.5. The number of hydrazine groups is 1. The monoisotopic (exact) mass is 234 g/mol. The second-order valence-corrected chi connectivity index (χ2v) is 5.14. The highest BCUT2D eigenvalue weighted by molar-refractivity contribution is 5.32. The van der Waals surface area contributed by atoms with Gasteiger partial charge in [-0.3, -0.25) is 11.3 Å². The van der Waals surface area contributed by atoms with E-state index < -0.39 is 0 Å². The Hall–Kier alpha value is -0.900. The molecule has 0 spiro atoms. The van der Waals surface area contributed by atoms with Gasteiger partial charge in [0.25, 0.3) is 0 Å². The van der Waals surface area contributed by atoms with Gasteiger partial charge in [-0.25, -0.2) is 0 Å². The molecule has 1 saturated carbocycles. The molecule has 0 saturated heterocycles. The molecule has 0 radical (unpaired) electrons. The molecule has 0 heterocycles. The Bertz CT molecular complexity index is 373. The van der Waals surface area contributed by atoms with Gasteiger partial charge in [0.1, 0.15) is 0 Å². The number of ether oxygens (including phenoxy) is 1. The van der Waals surface area contributed by atoms with E-state index in [-0.39, 0.29) is 11.6 Å². The van der Waals surface area contributed by atoms with Crippen LogP contribution in [0.2, 0.25) is 0 Å². The summed E-state index contributed by atoms with van der Waals surface area (Å²) >= 11 is 0. The minimum atomic E-state index is -0.116. The van der Waals surface area contributed by atoms with Crippen molar-refractivity contribution in [3.63, 3.8) is 0 Å². The quantitative estimate of drug-likeness (QED) is 0.621. The zero-order valence-corrected chi connectivity index (χ0v) is 10.9. The fourth-order valence-corrected chi connectivity index (χ4v) is 2.86. The summed E-state index contributed by atoms with van der Waals surface area (Å²) in [7, 11) is 1.78. The lowest BCUT2D eigenvalue weighted by Gasteiger charge is -2.46. The summed E-state index contributed by atoms with van der Waals surface area (Å²) in [5.74, 6) is 5.75. The minimum Gasteiger partial charge on any atom is -0.376 e. The molecule has 94 valence electrons. The molecule has 17 heavy (non-hydrogen) atoms. The molecule has 3 nitrogen and oxygen atoms in total. The second kappa shape index (κ2) is 4.77. The number of hydrogen-bond acceptors (Lipinski definition) is 3. The maximum absolute atomic E-state index is 5.75. The van der Waals surface area contributed by atoms with Crippen molar-refractivity contribution in [2.75, 3.05) is 7.11 Å². The van der Waals surface area contributed by atoms with Crippen molar-refractivity contribution >= 4 is 0 Å². The van der Waals surface area contributed by atoms with Crippen LogP contribution in [0.15, 0.2) is 18.2 Å². The number of benzene rings is 1. The summed E-state index contributed by atoms with van der Waals surface area (Å²) < 4.78 is 5.72. The van der Waals surface area contributed by atoms with Gasteiger partial charge in [0.05, 0.1) is 11.6 Å². The summed E-state index contributed by atoms with van der Waals surface area (Å²) in [5.41, 5.74) is 6.59. The first-order chi connectivity index (χ1) is 8.11. The lowest BCUT2D eigenvalue weighted by atomic mass is 9.72. The molecule has 1 aromatic carbocycles. The lowest BCUT2D eigenvalue weighted by Crippen LogP contribution is -2.52. The van der Waals surface area contributed by atoms with Crippen molar-refractivity contribution in [1.29, 1.82) is 0 Å². The van der Waals surface area contributed by atoms with Crippen molar-refractivity contribution in [1.82, 2.24) is 5.43 Å². The van der Waals surface area contributed by atoms with Crippen LogP contribution in [-0.2, 0) is 4.74 Å². The average molecular weight is 234 g/mol. The highest BCUT2D eigenvalue weighted by Crippen LogP contribution is 2.44. The summed E-state index contributed by atoms with van der Waals surface area (Å²) in [4.78, 5) is 0. The van der Waals surface area contributed by atoms with Gasteiger partial charge in [0, 0.05) is 7.11 Å². The first kappa shape index (κ1) is 12.6. The molecule has 0 aliphatic heterocycles. The molecule has 0 bridgehead atoms. The molecule has 3 heteroatoms. The number of nitrogens with one attached hydrogen (secondary N) is 1. The van der Waals surface area contributed by atoms with Crippen LogP contribution in [0.25, 0.3) is 0 Å². The van der Waals surface area contributed by atoms with Gasteiger partial charge < -0.3 is 4.74 Å². The van der Waals surface area contributed by atoms with Gasteiger partial charge in [-0.2, -0.15) is 0 Å². The normalized spacial score (nSPS) is 19.8. The van der Waals surface area contributed by atoms with Crippen molar-refractivity contribution in [3.8, 4) is 0 Å². The van der Waals surface area contributed by atoms with E-state index in [1.807, 2.05) is 0 Å². The molecular formula is C14H22N2O. The van der Waals surface area contributed by atoms with E-state index in [9.17, 15) is 0 Å². The standard InChI is InChI=1S/C14H22N2O/c1-10-7-11(2)9-12(8-10)13(16-15)14(17-3)5-4-6-14/h7-9,13,16H,4-6,15H2,1-3H3. The maximum Gasteiger partial charge on any atom is 0.0885 e. The van der Waals surface area contributed by atoms with Crippen LogP contribution in [0.5, 0.6) is 0 Å². The molecule has 0 amide bonds. The summed E-state index contributed by atoms with van der Waals surface area (Å²) in [6, 6.07) is 6.64. The lowest BCUT2D eigenvalue weighted by molar-refractivity contribution is -0.0999. The Morgan fingerprint density at radius 3 is 2.18 bits per heavy atom. The highest BCUT2D eigenvalue weighted by Gasteiger charge is 2.44. The van der Waals surface area contributed by atoms with Gasteiger partial charge in [-0.05, 0) is 38.7 Å². The third-order valence-electron chi connectivity index (χ3n) is 3.88. The van der Waals surface area contributed by atoms with E-state index in [4.69, 9.17) is 10.6 Å². The summed E-state index contributed by atoms with van der Waals surface area (Å²) in [5, 5.41) is 0. The van der Waals surface area contributed by atoms with E-state index in [1.54, 1.807) is 7.11 Å². The predicted octanol–water partition coefficient (Wildman–Crippen LogP) is 2.38. The topological polar surface area (TPSA) is 47.3 Å². The molecular weight excluding hydrogens is 212 g/mol. The van der Waals surface area contributed by atoms with Crippen LogP contribution in [0.1, 0.15) is 42.0 Å². The molecule has 1 unspecified atom stereocenters. The van der Waals surface area contributed by atoms with Gasteiger partial charge in [-0.1, -0.05) is 29.3 Å². The van der Waals surface area contributed by atoms with Crippen molar-refractivity contribution < 1.29 is 4.74 Å². The van der Waals surface area contributed by atoms with E-state index in [0.29, 0.717) is 0 Å². The number of nitrogens with two attached hydrogens (primary N) is 1. The average Bonchev–Trinajstić information content (AvgIpc) is 2.21. The summed E-state index contributed by atoms with van der Waals surface area (Å²) in [6.07, 6.45) is 3.37. The largest absolute Gasteiger partial charge is 0.376 e. The molecule has 1 aliphatic rings. The third-order valence-corrected chi connectivity index (χ3v) is 3.88. The number of rotatable bonds is 4.